The third-order valence-electron chi connectivity index (χ3n) is 2.96. The van der Waals surface area contributed by atoms with Crippen molar-refractivity contribution in [3.05, 3.63) is 24.3 Å². The molecule has 1 fully saturated rings. The van der Waals surface area contributed by atoms with Crippen LogP contribution in [-0.2, 0) is 10.0 Å². The number of halogens is 1. The Balaban J connectivity index is 2.31. The number of rotatable bonds is 2. The lowest BCUT2D eigenvalue weighted by Gasteiger charge is -2.35. The summed E-state index contributed by atoms with van der Waals surface area (Å²) in [4.78, 5) is 3.36. The number of pyridine rings is 1. The Hall–Kier alpha value is -1.05. The summed E-state index contributed by atoms with van der Waals surface area (Å²) in [6, 6.07) is 0.936. The van der Waals surface area contributed by atoms with Crippen molar-refractivity contribution in [3.63, 3.8) is 0 Å². The van der Waals surface area contributed by atoms with Gasteiger partial charge in [-0.15, -0.1) is 0 Å². The summed E-state index contributed by atoms with van der Waals surface area (Å²) in [7, 11) is -3.78. The maximum atomic E-state index is 13.0. The molecule has 1 unspecified atom stereocenters. The van der Waals surface area contributed by atoms with Crippen LogP contribution in [0.1, 0.15) is 19.8 Å². The van der Waals surface area contributed by atoms with Gasteiger partial charge in [0, 0.05) is 19.3 Å². The topological polar surface area (TPSA) is 70.5 Å². The van der Waals surface area contributed by atoms with Gasteiger partial charge in [0.2, 0.25) is 10.0 Å². The molecule has 1 aromatic heterocycles. The van der Waals surface area contributed by atoms with Crippen molar-refractivity contribution in [1.29, 1.82) is 0 Å². The lowest BCUT2D eigenvalue weighted by Crippen LogP contribution is -2.48. The van der Waals surface area contributed by atoms with Gasteiger partial charge >= 0.3 is 0 Å². The highest BCUT2D eigenvalue weighted by Crippen LogP contribution is 2.25. The molecule has 0 aromatic carbocycles. The minimum absolute atomic E-state index is 0.0197. The van der Waals surface area contributed by atoms with E-state index in [0.717, 1.165) is 18.5 Å². The van der Waals surface area contributed by atoms with Gasteiger partial charge in [-0.1, -0.05) is 0 Å². The van der Waals surface area contributed by atoms with Gasteiger partial charge in [0.1, 0.15) is 10.7 Å². The molecule has 0 saturated carbocycles. The zero-order valence-electron chi connectivity index (χ0n) is 10.0. The number of nitrogens with zero attached hydrogens (tertiary/aromatic N) is 2. The Morgan fingerprint density at radius 3 is 2.83 bits per heavy atom. The fourth-order valence-corrected chi connectivity index (χ4v) is 3.63. The van der Waals surface area contributed by atoms with E-state index in [-0.39, 0.29) is 11.4 Å². The molecule has 1 atom stereocenters. The second kappa shape index (κ2) is 4.56. The largest absolute Gasteiger partial charge is 0.389 e. The Bertz CT molecular complexity index is 545. The van der Waals surface area contributed by atoms with Gasteiger partial charge in [-0.25, -0.2) is 12.8 Å². The molecule has 2 heterocycles. The predicted octanol–water partition coefficient (Wildman–Crippen LogP) is 0.756. The smallest absolute Gasteiger partial charge is 0.244 e. The number of sulfonamides is 1. The van der Waals surface area contributed by atoms with Crippen molar-refractivity contribution in [2.45, 2.75) is 30.3 Å². The number of aliphatic hydroxyl groups is 1. The van der Waals surface area contributed by atoms with Gasteiger partial charge in [0.05, 0.1) is 11.8 Å². The lowest BCUT2D eigenvalue weighted by molar-refractivity contribution is 0.00939. The molecule has 18 heavy (non-hydrogen) atoms. The van der Waals surface area contributed by atoms with Crippen LogP contribution < -0.4 is 0 Å². The summed E-state index contributed by atoms with van der Waals surface area (Å²) in [5, 5.41) is 9.91. The number of aromatic nitrogens is 1. The molecule has 0 spiro atoms. The molecule has 2 rings (SSSR count). The number of β-amino-alcohol motifs (C(OH)–C–C–N with tert-alkyl or cyclic N) is 1. The average molecular weight is 274 g/mol. The summed E-state index contributed by atoms with van der Waals surface area (Å²) < 4.78 is 38.7. The van der Waals surface area contributed by atoms with Crippen molar-refractivity contribution in [1.82, 2.24) is 9.29 Å². The SMILES string of the molecule is CC1(O)CCCN(S(=O)(=O)c2cncc(F)c2)C1. The van der Waals surface area contributed by atoms with Crippen molar-refractivity contribution in [2.75, 3.05) is 13.1 Å². The zero-order chi connectivity index (χ0) is 13.4. The van der Waals surface area contributed by atoms with Crippen LogP contribution in [0.5, 0.6) is 0 Å². The van der Waals surface area contributed by atoms with Crippen LogP contribution in [0.4, 0.5) is 4.39 Å². The third kappa shape index (κ3) is 2.68. The first-order valence-electron chi connectivity index (χ1n) is 5.64. The van der Waals surface area contributed by atoms with E-state index in [4.69, 9.17) is 0 Å². The quantitative estimate of drug-likeness (QED) is 0.864. The Morgan fingerprint density at radius 2 is 2.22 bits per heavy atom. The van der Waals surface area contributed by atoms with Gasteiger partial charge in [-0.05, 0) is 25.8 Å². The first-order valence-corrected chi connectivity index (χ1v) is 7.08. The molecule has 5 nitrogen and oxygen atoms in total. The predicted molar refractivity (Wildman–Crippen MR) is 62.8 cm³/mol. The van der Waals surface area contributed by atoms with Gasteiger partial charge in [-0.3, -0.25) is 4.98 Å². The first-order chi connectivity index (χ1) is 8.31. The molecule has 100 valence electrons. The highest BCUT2D eigenvalue weighted by atomic mass is 32.2. The van der Waals surface area contributed by atoms with E-state index >= 15 is 0 Å². The van der Waals surface area contributed by atoms with Crippen LogP contribution in [0.3, 0.4) is 0 Å². The van der Waals surface area contributed by atoms with Crippen LogP contribution in [0.25, 0.3) is 0 Å². The fourth-order valence-electron chi connectivity index (χ4n) is 2.06. The second-order valence-electron chi connectivity index (χ2n) is 4.78. The van der Waals surface area contributed by atoms with E-state index < -0.39 is 21.4 Å². The van der Waals surface area contributed by atoms with Crippen LogP contribution in [0, 0.1) is 5.82 Å². The monoisotopic (exact) mass is 274 g/mol. The molecule has 1 N–H and O–H groups in total. The maximum Gasteiger partial charge on any atom is 0.244 e. The normalized spacial score (nSPS) is 26.2. The molecule has 0 bridgehead atoms. The maximum absolute atomic E-state index is 13.0. The molecule has 0 amide bonds. The van der Waals surface area contributed by atoms with Gasteiger partial charge in [-0.2, -0.15) is 4.31 Å². The molecule has 7 heteroatoms. The van der Waals surface area contributed by atoms with Gasteiger partial charge in [0.15, 0.2) is 0 Å². The number of piperidine rings is 1. The van der Waals surface area contributed by atoms with Crippen LogP contribution in [0.15, 0.2) is 23.4 Å². The van der Waals surface area contributed by atoms with E-state index in [1.165, 1.54) is 4.31 Å². The summed E-state index contributed by atoms with van der Waals surface area (Å²) in [5.74, 6) is -0.695. The fraction of sp³-hybridized carbons (Fsp3) is 0.545. The van der Waals surface area contributed by atoms with Gasteiger partial charge < -0.3 is 5.11 Å². The lowest BCUT2D eigenvalue weighted by atomic mass is 9.97. The highest BCUT2D eigenvalue weighted by Gasteiger charge is 2.35. The highest BCUT2D eigenvalue weighted by molar-refractivity contribution is 7.89. The molecular weight excluding hydrogens is 259 g/mol. The Morgan fingerprint density at radius 1 is 1.50 bits per heavy atom. The zero-order valence-corrected chi connectivity index (χ0v) is 10.8. The molecule has 1 aliphatic heterocycles. The molecular formula is C11H15FN2O3S. The first kappa shape index (κ1) is 13.4. The van der Waals surface area contributed by atoms with Crippen molar-refractivity contribution in [2.24, 2.45) is 0 Å². The number of hydrogen-bond donors (Lipinski definition) is 1. The van der Waals surface area contributed by atoms with Crippen molar-refractivity contribution < 1.29 is 17.9 Å². The minimum Gasteiger partial charge on any atom is -0.389 e. The molecule has 1 saturated heterocycles. The summed E-state index contributed by atoms with van der Waals surface area (Å²) >= 11 is 0. The minimum atomic E-state index is -3.78. The van der Waals surface area contributed by atoms with E-state index in [1.807, 2.05) is 0 Å². The standard InChI is InChI=1S/C11H15FN2O3S/c1-11(15)3-2-4-14(8-11)18(16,17)10-5-9(12)6-13-7-10/h5-7,15H,2-4,8H2,1H3. The van der Waals surface area contributed by atoms with E-state index in [2.05, 4.69) is 4.98 Å². The Labute approximate surface area is 105 Å². The Kier molecular flexibility index (Phi) is 3.39. The van der Waals surface area contributed by atoms with E-state index in [9.17, 15) is 17.9 Å². The van der Waals surface area contributed by atoms with Crippen molar-refractivity contribution >= 4 is 10.0 Å². The molecule has 1 aliphatic rings. The van der Waals surface area contributed by atoms with Crippen LogP contribution >= 0.6 is 0 Å². The second-order valence-corrected chi connectivity index (χ2v) is 6.72. The van der Waals surface area contributed by atoms with Gasteiger partial charge in [0.25, 0.3) is 0 Å². The summed E-state index contributed by atoms with van der Waals surface area (Å²) in [6.45, 7) is 1.94. The average Bonchev–Trinajstić information content (AvgIpc) is 2.27. The number of hydrogen-bond acceptors (Lipinski definition) is 4. The summed E-state index contributed by atoms with van der Waals surface area (Å²) in [6.07, 6.45) is 3.20. The van der Waals surface area contributed by atoms with Crippen LogP contribution in [0.2, 0.25) is 0 Å². The van der Waals surface area contributed by atoms with Crippen molar-refractivity contribution in [3.8, 4) is 0 Å². The van der Waals surface area contributed by atoms with Crippen LogP contribution in [-0.4, -0.2) is 41.5 Å². The summed E-state index contributed by atoms with van der Waals surface area (Å²) in [5.41, 5.74) is -1.04. The third-order valence-corrected chi connectivity index (χ3v) is 4.77. The van der Waals surface area contributed by atoms with E-state index in [1.54, 1.807) is 6.92 Å². The molecule has 0 radical (unpaired) electrons. The molecule has 1 aromatic rings. The van der Waals surface area contributed by atoms with E-state index in [0.29, 0.717) is 19.4 Å². The molecule has 0 aliphatic carbocycles.